The molecule has 0 rings (SSSR count). The van der Waals surface area contributed by atoms with Crippen molar-refractivity contribution in [3.05, 3.63) is 0 Å². The molecule has 1 N–H and O–H groups in total. The molecule has 9 nitrogen and oxygen atoms in total. The fraction of sp³-hybridized carbons (Fsp3) is 1.00. The van der Waals surface area contributed by atoms with E-state index in [9.17, 15) is 0 Å². The lowest BCUT2D eigenvalue weighted by Gasteiger charge is -2.24. The Morgan fingerprint density at radius 2 is 0.840 bits per heavy atom. The average molecular weight is 402 g/mol. The number of hydrogen-bond acceptors (Lipinski definition) is 9. The molecule has 0 aliphatic carbocycles. The quantitative estimate of drug-likeness (QED) is 0.258. The highest BCUT2D eigenvalue weighted by molar-refractivity contribution is 6.60. The summed E-state index contributed by atoms with van der Waals surface area (Å²) in [5.74, 6) is 0. The van der Waals surface area contributed by atoms with E-state index in [1.165, 1.54) is 0 Å². The maximum Gasteiger partial charge on any atom is 0.502 e. The van der Waals surface area contributed by atoms with Crippen LogP contribution in [0.15, 0.2) is 0 Å². The Hall–Kier alpha value is 0.0738. The van der Waals surface area contributed by atoms with Crippen LogP contribution in [-0.2, 0) is 36.0 Å². The molecule has 25 heavy (non-hydrogen) atoms. The molecule has 0 bridgehead atoms. The standard InChI is InChI=1S/C14H35NO8Si2/c1-16-24(17-2,18-3)13-11-22-9-7-15-8-10-23-12-14-25(19-4,20-5)21-6/h15H,7-14H2,1-6H3. The minimum Gasteiger partial charge on any atom is -0.380 e. The maximum atomic E-state index is 5.56. The van der Waals surface area contributed by atoms with Crippen LogP contribution in [0.1, 0.15) is 0 Å². The van der Waals surface area contributed by atoms with E-state index in [1.807, 2.05) is 0 Å². The summed E-state index contributed by atoms with van der Waals surface area (Å²) in [6, 6.07) is 1.26. The molecule has 0 aromatic carbocycles. The van der Waals surface area contributed by atoms with Gasteiger partial charge < -0.3 is 41.3 Å². The zero-order chi connectivity index (χ0) is 19.0. The van der Waals surface area contributed by atoms with Gasteiger partial charge in [-0.05, 0) is 0 Å². The largest absolute Gasteiger partial charge is 0.502 e. The van der Waals surface area contributed by atoms with Gasteiger partial charge in [0.05, 0.1) is 26.4 Å². The highest BCUT2D eigenvalue weighted by atomic mass is 28.4. The summed E-state index contributed by atoms with van der Waals surface area (Å²) in [7, 11) is 4.53. The summed E-state index contributed by atoms with van der Waals surface area (Å²) in [6.07, 6.45) is 0. The van der Waals surface area contributed by atoms with Crippen molar-refractivity contribution in [2.75, 3.05) is 82.2 Å². The molecular formula is C14H35NO8Si2. The minimum absolute atomic E-state index is 0.539. The molecule has 11 heteroatoms. The van der Waals surface area contributed by atoms with Gasteiger partial charge in [-0.3, -0.25) is 0 Å². The van der Waals surface area contributed by atoms with E-state index in [1.54, 1.807) is 42.7 Å². The first-order chi connectivity index (χ1) is 12.1. The summed E-state index contributed by atoms with van der Waals surface area (Å²) in [4.78, 5) is 0. The molecule has 0 saturated heterocycles. The van der Waals surface area contributed by atoms with E-state index in [0.29, 0.717) is 38.5 Å². The van der Waals surface area contributed by atoms with E-state index in [0.717, 1.165) is 13.1 Å². The molecule has 0 aliphatic heterocycles. The zero-order valence-electron chi connectivity index (χ0n) is 16.4. The van der Waals surface area contributed by atoms with Crippen LogP contribution in [0.2, 0.25) is 12.1 Å². The average Bonchev–Trinajstić information content (AvgIpc) is 2.67. The molecule has 0 amide bonds. The molecule has 152 valence electrons. The van der Waals surface area contributed by atoms with E-state index in [-0.39, 0.29) is 0 Å². The van der Waals surface area contributed by atoms with Gasteiger partial charge in [-0.15, -0.1) is 0 Å². The van der Waals surface area contributed by atoms with E-state index in [2.05, 4.69) is 5.32 Å². The van der Waals surface area contributed by atoms with Crippen LogP contribution >= 0.6 is 0 Å². The van der Waals surface area contributed by atoms with E-state index >= 15 is 0 Å². The van der Waals surface area contributed by atoms with Gasteiger partial charge in [0.25, 0.3) is 0 Å². The predicted octanol–water partition coefficient (Wildman–Crippen LogP) is 0.365. The summed E-state index contributed by atoms with van der Waals surface area (Å²) >= 11 is 0. The third kappa shape index (κ3) is 10.1. The van der Waals surface area contributed by atoms with Crippen molar-refractivity contribution in [3.63, 3.8) is 0 Å². The summed E-state index contributed by atoms with van der Waals surface area (Å²) in [6.45, 7) is 3.79. The fourth-order valence-electron chi connectivity index (χ4n) is 2.12. The lowest BCUT2D eigenvalue weighted by molar-refractivity contribution is 0.0912. The molecule has 0 atom stereocenters. The molecule has 0 spiro atoms. The Labute approximate surface area is 153 Å². The smallest absolute Gasteiger partial charge is 0.380 e. The Balaban J connectivity index is 3.54. The monoisotopic (exact) mass is 401 g/mol. The summed E-state index contributed by atoms with van der Waals surface area (Å²) in [5.41, 5.74) is 0. The number of nitrogens with one attached hydrogen (secondary N) is 1. The van der Waals surface area contributed by atoms with Gasteiger partial charge in [0, 0.05) is 67.8 Å². The van der Waals surface area contributed by atoms with Crippen LogP contribution in [0.25, 0.3) is 0 Å². The van der Waals surface area contributed by atoms with Gasteiger partial charge in [0.2, 0.25) is 0 Å². The van der Waals surface area contributed by atoms with Gasteiger partial charge >= 0.3 is 17.6 Å². The van der Waals surface area contributed by atoms with Gasteiger partial charge in [-0.25, -0.2) is 0 Å². The van der Waals surface area contributed by atoms with Gasteiger partial charge in [-0.2, -0.15) is 0 Å². The maximum absolute atomic E-state index is 5.56. The lowest BCUT2D eigenvalue weighted by atomic mass is 10.6. The molecule has 0 heterocycles. The predicted molar refractivity (Wildman–Crippen MR) is 97.7 cm³/mol. The van der Waals surface area contributed by atoms with Gasteiger partial charge in [0.1, 0.15) is 0 Å². The van der Waals surface area contributed by atoms with Crippen LogP contribution in [0.3, 0.4) is 0 Å². The Kier molecular flexibility index (Phi) is 15.2. The highest BCUT2D eigenvalue weighted by Crippen LogP contribution is 2.12. The van der Waals surface area contributed by atoms with Crippen molar-refractivity contribution < 1.29 is 36.0 Å². The summed E-state index contributed by atoms with van der Waals surface area (Å²) < 4.78 is 43.1. The Morgan fingerprint density at radius 1 is 0.520 bits per heavy atom. The van der Waals surface area contributed by atoms with Gasteiger partial charge in [-0.1, -0.05) is 0 Å². The second kappa shape index (κ2) is 15.2. The molecule has 0 aromatic heterocycles. The number of hydrogen-bond donors (Lipinski definition) is 1. The first-order valence-corrected chi connectivity index (χ1v) is 12.1. The number of rotatable bonds is 18. The first-order valence-electron chi connectivity index (χ1n) is 8.24. The van der Waals surface area contributed by atoms with Crippen LogP contribution in [0, 0.1) is 0 Å². The molecule has 0 radical (unpaired) electrons. The molecule has 0 fully saturated rings. The zero-order valence-corrected chi connectivity index (χ0v) is 18.4. The lowest BCUT2D eigenvalue weighted by Crippen LogP contribution is -2.43. The molecule has 0 aromatic rings. The third-order valence-electron chi connectivity index (χ3n) is 3.82. The van der Waals surface area contributed by atoms with Crippen molar-refractivity contribution >= 4 is 17.6 Å². The van der Waals surface area contributed by atoms with Crippen molar-refractivity contribution in [3.8, 4) is 0 Å². The van der Waals surface area contributed by atoms with E-state index < -0.39 is 17.6 Å². The van der Waals surface area contributed by atoms with Crippen molar-refractivity contribution in [1.82, 2.24) is 5.32 Å². The minimum atomic E-state index is -2.53. The van der Waals surface area contributed by atoms with Crippen LogP contribution in [0.5, 0.6) is 0 Å². The first kappa shape index (κ1) is 25.1. The van der Waals surface area contributed by atoms with Crippen molar-refractivity contribution in [2.24, 2.45) is 0 Å². The molecule has 0 saturated carbocycles. The van der Waals surface area contributed by atoms with Gasteiger partial charge in [0.15, 0.2) is 0 Å². The summed E-state index contributed by atoms with van der Waals surface area (Å²) in [5, 5.41) is 3.25. The Morgan fingerprint density at radius 3 is 1.12 bits per heavy atom. The van der Waals surface area contributed by atoms with Crippen LogP contribution in [-0.4, -0.2) is 99.8 Å². The SMILES string of the molecule is CO[Si](CCOCCNCCOCC[Si](OC)(OC)OC)(OC)OC. The fourth-order valence-corrected chi connectivity index (χ4v) is 5.14. The van der Waals surface area contributed by atoms with E-state index in [4.69, 9.17) is 36.0 Å². The molecular weight excluding hydrogens is 366 g/mol. The van der Waals surface area contributed by atoms with Crippen molar-refractivity contribution in [2.45, 2.75) is 12.1 Å². The number of ether oxygens (including phenoxy) is 2. The topological polar surface area (TPSA) is 85.9 Å². The Bertz CT molecular complexity index is 262. The molecule has 0 aliphatic rings. The van der Waals surface area contributed by atoms with Crippen molar-refractivity contribution in [1.29, 1.82) is 0 Å². The second-order valence-corrected chi connectivity index (χ2v) is 11.2. The van der Waals surface area contributed by atoms with Crippen LogP contribution in [0.4, 0.5) is 0 Å². The highest BCUT2D eigenvalue weighted by Gasteiger charge is 2.37. The second-order valence-electron chi connectivity index (χ2n) is 5.07. The molecule has 0 unspecified atom stereocenters. The van der Waals surface area contributed by atoms with Crippen LogP contribution < -0.4 is 5.32 Å². The normalized spacial score (nSPS) is 12.7. The third-order valence-corrected chi connectivity index (χ3v) is 9.18.